The van der Waals surface area contributed by atoms with Gasteiger partial charge < -0.3 is 5.32 Å². The average molecular weight is 319 g/mol. The van der Waals surface area contributed by atoms with E-state index in [-0.39, 0.29) is 18.0 Å². The van der Waals surface area contributed by atoms with Crippen LogP contribution in [0, 0.1) is 5.92 Å². The van der Waals surface area contributed by atoms with Crippen LogP contribution in [0.4, 0.5) is 4.79 Å². The number of hydrogen-bond donors (Lipinski definition) is 2. The molecule has 1 aliphatic heterocycles. The van der Waals surface area contributed by atoms with Crippen molar-refractivity contribution in [2.45, 2.75) is 44.2 Å². The van der Waals surface area contributed by atoms with Crippen molar-refractivity contribution in [2.24, 2.45) is 5.92 Å². The van der Waals surface area contributed by atoms with Crippen LogP contribution in [0.5, 0.6) is 0 Å². The normalized spacial score (nSPS) is 24.6. The second kappa shape index (κ2) is 5.66. The van der Waals surface area contributed by atoms with Crippen LogP contribution in [0.25, 0.3) is 0 Å². The maximum absolute atomic E-state index is 12.2. The Morgan fingerprint density at radius 3 is 2.82 bits per heavy atom. The molecule has 0 spiro atoms. The number of imide groups is 1. The fourth-order valence-electron chi connectivity index (χ4n) is 3.34. The quantitative estimate of drug-likeness (QED) is 0.893. The average Bonchev–Trinajstić information content (AvgIpc) is 3.38. The van der Waals surface area contributed by atoms with Gasteiger partial charge in [0.25, 0.3) is 0 Å². The minimum atomic E-state index is -0.344. The first-order valence-electron chi connectivity index (χ1n) is 8.11. The summed E-state index contributed by atoms with van der Waals surface area (Å²) in [7, 11) is 0. The van der Waals surface area contributed by atoms with Crippen LogP contribution in [0.1, 0.15) is 42.2 Å². The Kier molecular flexibility index (Phi) is 3.66. The van der Waals surface area contributed by atoms with Crippen molar-refractivity contribution in [2.75, 3.05) is 13.1 Å². The van der Waals surface area contributed by atoms with Gasteiger partial charge in [0.1, 0.15) is 0 Å². The van der Waals surface area contributed by atoms with E-state index in [2.05, 4.69) is 27.0 Å². The summed E-state index contributed by atoms with van der Waals surface area (Å²) in [5, 5.41) is 7.42. The molecule has 2 fully saturated rings. The summed E-state index contributed by atoms with van der Waals surface area (Å²) < 4.78 is 0. The molecule has 2 heterocycles. The minimum absolute atomic E-state index is 0.192. The lowest BCUT2D eigenvalue weighted by Gasteiger charge is -2.35. The van der Waals surface area contributed by atoms with Crippen molar-refractivity contribution >= 4 is 23.3 Å². The summed E-state index contributed by atoms with van der Waals surface area (Å²) in [5.74, 6) is 0.490. The van der Waals surface area contributed by atoms with Crippen molar-refractivity contribution in [1.82, 2.24) is 15.5 Å². The molecule has 2 N–H and O–H groups in total. The highest BCUT2D eigenvalue weighted by Gasteiger charge is 2.40. The van der Waals surface area contributed by atoms with Gasteiger partial charge in [0.2, 0.25) is 5.91 Å². The summed E-state index contributed by atoms with van der Waals surface area (Å²) in [6.07, 6.45) is 5.56. The SMILES string of the molecule is O=C(CN1CCc2sccc2[C@H]1C1CC1)NC(=O)NC1CC1. The van der Waals surface area contributed by atoms with Crippen LogP contribution in [0.2, 0.25) is 0 Å². The summed E-state index contributed by atoms with van der Waals surface area (Å²) in [6.45, 7) is 1.22. The smallest absolute Gasteiger partial charge is 0.321 e. The monoisotopic (exact) mass is 319 g/mol. The number of nitrogens with one attached hydrogen (secondary N) is 2. The highest BCUT2D eigenvalue weighted by Crippen LogP contribution is 2.48. The molecule has 1 aromatic rings. The van der Waals surface area contributed by atoms with Gasteiger partial charge >= 0.3 is 6.03 Å². The van der Waals surface area contributed by atoms with Gasteiger partial charge in [-0.15, -0.1) is 11.3 Å². The Hall–Kier alpha value is -1.40. The van der Waals surface area contributed by atoms with Gasteiger partial charge in [0.15, 0.2) is 0 Å². The van der Waals surface area contributed by atoms with Crippen molar-refractivity contribution in [3.63, 3.8) is 0 Å². The topological polar surface area (TPSA) is 61.4 Å². The van der Waals surface area contributed by atoms with Gasteiger partial charge in [0, 0.05) is 23.5 Å². The predicted molar refractivity (Wildman–Crippen MR) is 84.8 cm³/mol. The largest absolute Gasteiger partial charge is 0.335 e. The summed E-state index contributed by atoms with van der Waals surface area (Å²) >= 11 is 1.83. The van der Waals surface area contributed by atoms with E-state index in [0.717, 1.165) is 25.8 Å². The number of thiophene rings is 1. The van der Waals surface area contributed by atoms with E-state index >= 15 is 0 Å². The molecule has 0 unspecified atom stereocenters. The molecule has 0 bridgehead atoms. The Balaban J connectivity index is 1.39. The molecule has 0 saturated heterocycles. The first kappa shape index (κ1) is 14.2. The van der Waals surface area contributed by atoms with E-state index in [9.17, 15) is 9.59 Å². The molecule has 0 radical (unpaired) electrons. The zero-order valence-corrected chi connectivity index (χ0v) is 13.3. The first-order valence-corrected chi connectivity index (χ1v) is 8.99. The number of carbonyl (C=O) groups excluding carboxylic acids is 2. The maximum Gasteiger partial charge on any atom is 0.321 e. The Labute approximate surface area is 134 Å². The number of nitrogens with zero attached hydrogens (tertiary/aromatic N) is 1. The third kappa shape index (κ3) is 3.03. The number of amides is 3. The van der Waals surface area contributed by atoms with Crippen molar-refractivity contribution in [1.29, 1.82) is 0 Å². The second-order valence-electron chi connectivity index (χ2n) is 6.60. The zero-order valence-electron chi connectivity index (χ0n) is 12.5. The van der Waals surface area contributed by atoms with Gasteiger partial charge in [-0.1, -0.05) is 0 Å². The van der Waals surface area contributed by atoms with Crippen LogP contribution >= 0.6 is 11.3 Å². The Morgan fingerprint density at radius 1 is 1.27 bits per heavy atom. The number of carbonyl (C=O) groups is 2. The molecule has 118 valence electrons. The molecule has 1 atom stereocenters. The van der Waals surface area contributed by atoms with E-state index in [4.69, 9.17) is 0 Å². The second-order valence-corrected chi connectivity index (χ2v) is 7.60. The molecule has 3 aliphatic rings. The first-order chi connectivity index (χ1) is 10.7. The molecule has 2 aliphatic carbocycles. The Bertz CT molecular complexity index is 592. The highest BCUT2D eigenvalue weighted by molar-refractivity contribution is 7.10. The number of hydrogen-bond acceptors (Lipinski definition) is 4. The lowest BCUT2D eigenvalue weighted by Crippen LogP contribution is -2.47. The minimum Gasteiger partial charge on any atom is -0.335 e. The number of rotatable bonds is 4. The molecule has 4 rings (SSSR count). The molecule has 3 amide bonds. The predicted octanol–water partition coefficient (Wildman–Crippen LogP) is 2.05. The lowest BCUT2D eigenvalue weighted by molar-refractivity contribution is -0.122. The van der Waals surface area contributed by atoms with Crippen LogP contribution in [-0.4, -0.2) is 36.0 Å². The molecule has 22 heavy (non-hydrogen) atoms. The summed E-state index contributed by atoms with van der Waals surface area (Å²) in [5.41, 5.74) is 1.41. The molecular formula is C16H21N3O2S. The van der Waals surface area contributed by atoms with E-state index in [1.165, 1.54) is 23.3 Å². The third-order valence-electron chi connectivity index (χ3n) is 4.70. The number of urea groups is 1. The van der Waals surface area contributed by atoms with Crippen molar-refractivity contribution < 1.29 is 9.59 Å². The van der Waals surface area contributed by atoms with Crippen molar-refractivity contribution in [3.8, 4) is 0 Å². The Morgan fingerprint density at radius 2 is 2.09 bits per heavy atom. The standard InChI is InChI=1S/C16H21N3O2S/c20-14(18-16(21)17-11-3-4-11)9-19-7-5-13-12(6-8-22-13)15(19)10-1-2-10/h6,8,10-11,15H,1-5,7,9H2,(H2,17,18,20,21)/t15-/m1/s1. The van der Waals surface area contributed by atoms with Gasteiger partial charge in [-0.2, -0.15) is 0 Å². The molecule has 1 aromatic heterocycles. The van der Waals surface area contributed by atoms with E-state index < -0.39 is 0 Å². The fraction of sp³-hybridized carbons (Fsp3) is 0.625. The molecule has 6 heteroatoms. The van der Waals surface area contributed by atoms with Crippen LogP contribution in [-0.2, 0) is 11.2 Å². The third-order valence-corrected chi connectivity index (χ3v) is 5.70. The zero-order chi connectivity index (χ0) is 15.1. The van der Waals surface area contributed by atoms with E-state index in [0.29, 0.717) is 18.5 Å². The summed E-state index contributed by atoms with van der Waals surface area (Å²) in [4.78, 5) is 27.6. The van der Waals surface area contributed by atoms with Gasteiger partial charge in [0.05, 0.1) is 6.54 Å². The van der Waals surface area contributed by atoms with Gasteiger partial charge in [-0.05, 0) is 55.0 Å². The molecule has 5 nitrogen and oxygen atoms in total. The van der Waals surface area contributed by atoms with Gasteiger partial charge in [-0.25, -0.2) is 4.79 Å². The maximum atomic E-state index is 12.2. The molecule has 0 aromatic carbocycles. The lowest BCUT2D eigenvalue weighted by atomic mass is 9.96. The highest BCUT2D eigenvalue weighted by atomic mass is 32.1. The van der Waals surface area contributed by atoms with E-state index in [1.807, 2.05) is 11.3 Å². The van der Waals surface area contributed by atoms with Crippen molar-refractivity contribution in [3.05, 3.63) is 21.9 Å². The van der Waals surface area contributed by atoms with Gasteiger partial charge in [-0.3, -0.25) is 15.0 Å². The van der Waals surface area contributed by atoms with Crippen LogP contribution in [0.3, 0.4) is 0 Å². The van der Waals surface area contributed by atoms with Crippen LogP contribution in [0.15, 0.2) is 11.4 Å². The molecular weight excluding hydrogens is 298 g/mol. The molecule has 2 saturated carbocycles. The van der Waals surface area contributed by atoms with E-state index in [1.54, 1.807) is 0 Å². The fourth-order valence-corrected chi connectivity index (χ4v) is 4.25. The van der Waals surface area contributed by atoms with Crippen LogP contribution < -0.4 is 10.6 Å². The number of fused-ring (bicyclic) bond motifs is 1. The summed E-state index contributed by atoms with van der Waals surface area (Å²) in [6, 6.07) is 2.51.